The largest absolute Gasteiger partial charge is 0.493 e. The summed E-state index contributed by atoms with van der Waals surface area (Å²) in [5, 5.41) is 12.8. The average molecular weight is 514 g/mol. The van der Waals surface area contributed by atoms with Gasteiger partial charge in [0.05, 0.1) is 42.3 Å². The third kappa shape index (κ3) is 2.99. The molecule has 1 fully saturated rings. The maximum absolute atomic E-state index is 13.6. The zero-order valence-electron chi connectivity index (χ0n) is 20.8. The number of ether oxygens (including phenoxy) is 2. The average Bonchev–Trinajstić information content (AvgIpc) is 3.36. The lowest BCUT2D eigenvalue weighted by Gasteiger charge is -2.41. The molecule has 8 rings (SSSR count). The molecular formula is C28H27N5O3S. The fraction of sp³-hybridized carbons (Fsp3) is 0.393. The van der Waals surface area contributed by atoms with E-state index in [1.54, 1.807) is 25.6 Å². The summed E-state index contributed by atoms with van der Waals surface area (Å²) in [6.45, 7) is 2.13. The molecule has 0 amide bonds. The third-order valence-electron chi connectivity index (χ3n) is 8.37. The maximum Gasteiger partial charge on any atom is 0.161 e. The number of fused-ring (bicyclic) bond motifs is 6. The molecule has 1 aromatic heterocycles. The number of hydrogen-bond donors (Lipinski definition) is 1. The van der Waals surface area contributed by atoms with E-state index in [2.05, 4.69) is 15.9 Å². The SMILES string of the molecule is COc1ccc(C2C(C#N)=C3N=C(N)c4c(sc5c4C4CCN5CC4)N3C3=C2C(=O)CCC3)cc1OC. The standard InChI is InChI=1S/C28H27N5O3S/c1-35-19-7-6-15(12-20(19)36-2)21-16(13-29)26-31-25(30)24-22-14-8-10-32(11-9-14)27(22)37-28(24)33(26)17-4-3-5-18(34)23(17)21/h6-7,12,14,21H,3-5,8-11H2,1-2H3,(H2,30,31). The molecule has 8 nitrogen and oxygen atoms in total. The van der Waals surface area contributed by atoms with Gasteiger partial charge in [-0.3, -0.25) is 9.69 Å². The minimum atomic E-state index is -0.536. The van der Waals surface area contributed by atoms with Crippen LogP contribution in [0.25, 0.3) is 0 Å². The van der Waals surface area contributed by atoms with Crippen molar-refractivity contribution in [2.24, 2.45) is 10.7 Å². The highest BCUT2D eigenvalue weighted by molar-refractivity contribution is 7.21. The van der Waals surface area contributed by atoms with Crippen molar-refractivity contribution in [3.63, 3.8) is 0 Å². The van der Waals surface area contributed by atoms with Crippen molar-refractivity contribution < 1.29 is 14.3 Å². The van der Waals surface area contributed by atoms with Crippen molar-refractivity contribution in [3.8, 4) is 17.6 Å². The Labute approximate surface area is 219 Å². The van der Waals surface area contributed by atoms with Crippen LogP contribution in [-0.2, 0) is 4.79 Å². The van der Waals surface area contributed by atoms with Crippen LogP contribution in [0.4, 0.5) is 10.0 Å². The Kier molecular flexibility index (Phi) is 4.92. The van der Waals surface area contributed by atoms with Gasteiger partial charge in [0.1, 0.15) is 10.8 Å². The second-order valence-corrected chi connectivity index (χ2v) is 11.1. The van der Waals surface area contributed by atoms with Crippen LogP contribution in [0.15, 0.2) is 45.9 Å². The van der Waals surface area contributed by atoms with Crippen molar-refractivity contribution in [1.82, 2.24) is 0 Å². The van der Waals surface area contributed by atoms with Gasteiger partial charge in [0, 0.05) is 36.3 Å². The molecule has 5 aliphatic heterocycles. The number of piperidine rings is 1. The molecule has 6 aliphatic rings. The highest BCUT2D eigenvalue weighted by atomic mass is 32.1. The van der Waals surface area contributed by atoms with E-state index in [0.717, 1.165) is 60.6 Å². The first-order valence-electron chi connectivity index (χ1n) is 12.7. The van der Waals surface area contributed by atoms with Gasteiger partial charge in [-0.15, -0.1) is 0 Å². The van der Waals surface area contributed by atoms with Gasteiger partial charge in [-0.25, -0.2) is 4.99 Å². The molecule has 1 atom stereocenters. The van der Waals surface area contributed by atoms with E-state index < -0.39 is 5.92 Å². The molecule has 2 N–H and O–H groups in total. The normalized spacial score (nSPS) is 22.2. The summed E-state index contributed by atoms with van der Waals surface area (Å²) >= 11 is 1.73. The summed E-state index contributed by atoms with van der Waals surface area (Å²) in [5.41, 5.74) is 11.9. The van der Waals surface area contributed by atoms with Crippen molar-refractivity contribution in [3.05, 3.63) is 57.6 Å². The first kappa shape index (κ1) is 22.4. The molecule has 9 heteroatoms. The number of amidine groups is 1. The zero-order valence-corrected chi connectivity index (χ0v) is 21.7. The van der Waals surface area contributed by atoms with E-state index in [4.69, 9.17) is 20.2 Å². The Hall–Kier alpha value is -3.77. The van der Waals surface area contributed by atoms with Gasteiger partial charge in [-0.2, -0.15) is 5.26 Å². The highest BCUT2D eigenvalue weighted by Crippen LogP contribution is 2.58. The number of carbonyl (C=O) groups excluding carboxylic acids is 1. The number of carbonyl (C=O) groups is 1. The number of anilines is 2. The molecule has 0 spiro atoms. The predicted molar refractivity (Wildman–Crippen MR) is 143 cm³/mol. The summed E-state index contributed by atoms with van der Waals surface area (Å²) in [4.78, 5) is 23.0. The number of thiophene rings is 1. The highest BCUT2D eigenvalue weighted by Gasteiger charge is 2.46. The number of hydrogen-bond acceptors (Lipinski definition) is 9. The van der Waals surface area contributed by atoms with Crippen molar-refractivity contribution >= 4 is 33.0 Å². The Morgan fingerprint density at radius 1 is 1.14 bits per heavy atom. The summed E-state index contributed by atoms with van der Waals surface area (Å²) in [6, 6.07) is 8.01. The number of nitrogens with zero attached hydrogens (tertiary/aromatic N) is 4. The van der Waals surface area contributed by atoms with E-state index in [1.807, 2.05) is 18.2 Å². The number of nitrogens with two attached hydrogens (primary N) is 1. The number of methoxy groups -OCH3 is 2. The number of rotatable bonds is 3. The lowest BCUT2D eigenvalue weighted by Crippen LogP contribution is -2.40. The topological polar surface area (TPSA) is 104 Å². The number of ketones is 1. The third-order valence-corrected chi connectivity index (χ3v) is 9.62. The molecule has 1 saturated heterocycles. The minimum Gasteiger partial charge on any atom is -0.493 e. The van der Waals surface area contributed by atoms with Gasteiger partial charge in [0.15, 0.2) is 23.1 Å². The molecule has 0 radical (unpaired) electrons. The van der Waals surface area contributed by atoms with Gasteiger partial charge in [-0.05, 0) is 49.3 Å². The fourth-order valence-electron chi connectivity index (χ4n) is 6.72. The van der Waals surface area contributed by atoms with Crippen molar-refractivity contribution in [2.75, 3.05) is 37.1 Å². The molecular weight excluding hydrogens is 486 g/mol. The summed E-state index contributed by atoms with van der Waals surface area (Å²) < 4.78 is 11.0. The molecule has 1 aliphatic carbocycles. The Bertz CT molecular complexity index is 1500. The number of nitriles is 1. The van der Waals surface area contributed by atoms with Gasteiger partial charge >= 0.3 is 0 Å². The molecule has 6 heterocycles. The number of allylic oxidation sites excluding steroid dienone is 3. The van der Waals surface area contributed by atoms with Gasteiger partial charge < -0.3 is 20.1 Å². The quantitative estimate of drug-likeness (QED) is 0.643. The summed E-state index contributed by atoms with van der Waals surface area (Å²) in [7, 11) is 3.17. The van der Waals surface area contributed by atoms with E-state index >= 15 is 0 Å². The Morgan fingerprint density at radius 3 is 2.65 bits per heavy atom. The predicted octanol–water partition coefficient (Wildman–Crippen LogP) is 4.53. The molecule has 188 valence electrons. The molecule has 1 unspecified atom stereocenters. The van der Waals surface area contributed by atoms with Crippen LogP contribution in [-0.4, -0.2) is 38.9 Å². The van der Waals surface area contributed by atoms with Crippen LogP contribution in [0.2, 0.25) is 0 Å². The van der Waals surface area contributed by atoms with Crippen LogP contribution < -0.4 is 25.0 Å². The van der Waals surface area contributed by atoms with Crippen LogP contribution >= 0.6 is 11.3 Å². The van der Waals surface area contributed by atoms with E-state index in [-0.39, 0.29) is 5.78 Å². The van der Waals surface area contributed by atoms with E-state index in [0.29, 0.717) is 46.6 Å². The van der Waals surface area contributed by atoms with Gasteiger partial charge in [0.2, 0.25) is 0 Å². The van der Waals surface area contributed by atoms with Crippen LogP contribution in [0.1, 0.15) is 60.6 Å². The monoisotopic (exact) mass is 513 g/mol. The van der Waals surface area contributed by atoms with Crippen LogP contribution in [0.5, 0.6) is 11.5 Å². The smallest absolute Gasteiger partial charge is 0.161 e. The van der Waals surface area contributed by atoms with E-state index in [9.17, 15) is 10.1 Å². The Balaban J connectivity index is 1.48. The molecule has 37 heavy (non-hydrogen) atoms. The van der Waals surface area contributed by atoms with E-state index in [1.165, 1.54) is 10.6 Å². The first-order valence-corrected chi connectivity index (χ1v) is 13.6. The van der Waals surface area contributed by atoms with Crippen LogP contribution in [0, 0.1) is 11.3 Å². The number of aliphatic imine (C=N–C) groups is 1. The first-order chi connectivity index (χ1) is 18.0. The fourth-order valence-corrected chi connectivity index (χ4v) is 8.20. The van der Waals surface area contributed by atoms with Crippen LogP contribution in [0.3, 0.4) is 0 Å². The van der Waals surface area contributed by atoms with Gasteiger partial charge in [-0.1, -0.05) is 17.4 Å². The molecule has 2 aromatic rings. The maximum atomic E-state index is 13.6. The number of benzene rings is 1. The van der Waals surface area contributed by atoms with Crippen molar-refractivity contribution in [2.45, 2.75) is 43.9 Å². The molecule has 0 saturated carbocycles. The zero-order chi connectivity index (χ0) is 25.4. The van der Waals surface area contributed by atoms with Crippen molar-refractivity contribution in [1.29, 1.82) is 5.26 Å². The van der Waals surface area contributed by atoms with Gasteiger partial charge in [0.25, 0.3) is 0 Å². The number of Topliss-reactive ketones (excluding diaryl/α,β-unsaturated/α-hetero) is 1. The summed E-state index contributed by atoms with van der Waals surface area (Å²) in [6.07, 6.45) is 4.25. The second kappa shape index (κ2) is 8.12. The minimum absolute atomic E-state index is 0.0852. The molecule has 2 bridgehead atoms. The lowest BCUT2D eigenvalue weighted by molar-refractivity contribution is -0.116. The summed E-state index contributed by atoms with van der Waals surface area (Å²) in [5.74, 6) is 2.20. The molecule has 1 aromatic carbocycles. The second-order valence-electron chi connectivity index (χ2n) is 10.1. The Morgan fingerprint density at radius 2 is 1.92 bits per heavy atom. The lowest BCUT2D eigenvalue weighted by atomic mass is 9.75.